The van der Waals surface area contributed by atoms with E-state index in [1.165, 1.54) is 23.1 Å². The van der Waals surface area contributed by atoms with Gasteiger partial charge in [-0.25, -0.2) is 4.79 Å². The maximum atomic E-state index is 12.8. The van der Waals surface area contributed by atoms with E-state index in [1.807, 2.05) is 0 Å². The minimum Gasteiger partial charge on any atom is -0.447 e. The molecule has 2 heterocycles. The fourth-order valence-corrected chi connectivity index (χ4v) is 2.52. The molecule has 2 aromatic rings. The summed E-state index contributed by atoms with van der Waals surface area (Å²) in [7, 11) is 0. The van der Waals surface area contributed by atoms with Crippen molar-refractivity contribution in [3.05, 3.63) is 53.9 Å². The van der Waals surface area contributed by atoms with Gasteiger partial charge in [-0.15, -0.1) is 0 Å². The second kappa shape index (κ2) is 6.03. The predicted molar refractivity (Wildman–Crippen MR) is 78.4 cm³/mol. The topological polar surface area (TPSA) is 62.4 Å². The zero-order valence-electron chi connectivity index (χ0n) is 12.3. The molecular weight excluding hydrogens is 325 g/mol. The SMILES string of the molecule is O=C(OC1CCN(c2cccc(C(F)(F)F)c2)C1=O)c1ccc[nH]1. The van der Waals surface area contributed by atoms with Crippen molar-refractivity contribution in [1.82, 2.24) is 4.98 Å². The number of ether oxygens (including phenoxy) is 1. The van der Waals surface area contributed by atoms with E-state index in [0.29, 0.717) is 0 Å². The van der Waals surface area contributed by atoms with E-state index in [2.05, 4.69) is 4.98 Å². The van der Waals surface area contributed by atoms with Crippen LogP contribution in [0.5, 0.6) is 0 Å². The number of aromatic nitrogens is 1. The summed E-state index contributed by atoms with van der Waals surface area (Å²) < 4.78 is 43.5. The lowest BCUT2D eigenvalue weighted by Gasteiger charge is -2.18. The Bertz CT molecular complexity index is 756. The van der Waals surface area contributed by atoms with Crippen molar-refractivity contribution < 1.29 is 27.5 Å². The third-order valence-corrected chi connectivity index (χ3v) is 3.71. The van der Waals surface area contributed by atoms with Gasteiger partial charge in [0.2, 0.25) is 0 Å². The molecule has 1 saturated heterocycles. The molecule has 24 heavy (non-hydrogen) atoms. The van der Waals surface area contributed by atoms with E-state index in [9.17, 15) is 22.8 Å². The normalized spacial score (nSPS) is 18.0. The third-order valence-electron chi connectivity index (χ3n) is 3.71. The van der Waals surface area contributed by atoms with Crippen molar-refractivity contribution in [3.8, 4) is 0 Å². The number of amides is 1. The van der Waals surface area contributed by atoms with Crippen LogP contribution in [0.4, 0.5) is 18.9 Å². The molecule has 1 aliphatic rings. The van der Waals surface area contributed by atoms with Crippen molar-refractivity contribution >= 4 is 17.6 Å². The monoisotopic (exact) mass is 338 g/mol. The van der Waals surface area contributed by atoms with Gasteiger partial charge in [0.25, 0.3) is 5.91 Å². The van der Waals surface area contributed by atoms with Crippen LogP contribution < -0.4 is 4.90 Å². The summed E-state index contributed by atoms with van der Waals surface area (Å²) >= 11 is 0. The molecule has 0 saturated carbocycles. The van der Waals surface area contributed by atoms with Crippen molar-refractivity contribution in [2.45, 2.75) is 18.7 Å². The number of anilines is 1. The number of carbonyl (C=O) groups is 2. The van der Waals surface area contributed by atoms with Crippen molar-refractivity contribution in [3.63, 3.8) is 0 Å². The molecule has 1 amide bonds. The average molecular weight is 338 g/mol. The number of hydrogen-bond donors (Lipinski definition) is 1. The zero-order chi connectivity index (χ0) is 17.3. The molecule has 0 bridgehead atoms. The van der Waals surface area contributed by atoms with E-state index in [0.717, 1.165) is 12.1 Å². The molecule has 1 aromatic heterocycles. The summed E-state index contributed by atoms with van der Waals surface area (Å²) in [5.41, 5.74) is -0.492. The summed E-state index contributed by atoms with van der Waals surface area (Å²) in [5.74, 6) is -1.21. The Morgan fingerprint density at radius 1 is 1.25 bits per heavy atom. The predicted octanol–water partition coefficient (Wildman–Crippen LogP) is 3.00. The molecule has 1 aromatic carbocycles. The first-order chi connectivity index (χ1) is 11.4. The molecular formula is C16H13F3N2O3. The van der Waals surface area contributed by atoms with Crippen LogP contribution in [0.15, 0.2) is 42.6 Å². The summed E-state index contributed by atoms with van der Waals surface area (Å²) in [6.45, 7) is 0.183. The van der Waals surface area contributed by atoms with Gasteiger partial charge < -0.3 is 14.6 Å². The molecule has 0 radical (unpaired) electrons. The minimum atomic E-state index is -4.49. The fraction of sp³-hybridized carbons (Fsp3) is 0.250. The van der Waals surface area contributed by atoms with Gasteiger partial charge in [0, 0.05) is 24.8 Å². The number of rotatable bonds is 3. The largest absolute Gasteiger partial charge is 0.447 e. The maximum absolute atomic E-state index is 12.8. The lowest BCUT2D eigenvalue weighted by Crippen LogP contribution is -2.32. The number of nitrogens with one attached hydrogen (secondary N) is 1. The van der Waals surface area contributed by atoms with Gasteiger partial charge in [-0.05, 0) is 30.3 Å². The minimum absolute atomic E-state index is 0.133. The Hall–Kier alpha value is -2.77. The Balaban J connectivity index is 1.73. The van der Waals surface area contributed by atoms with Gasteiger partial charge in [0.1, 0.15) is 5.69 Å². The molecule has 1 N–H and O–H groups in total. The van der Waals surface area contributed by atoms with E-state index < -0.39 is 29.7 Å². The Morgan fingerprint density at radius 2 is 2.04 bits per heavy atom. The van der Waals surface area contributed by atoms with Gasteiger partial charge in [0.05, 0.1) is 5.56 Å². The van der Waals surface area contributed by atoms with Gasteiger partial charge in [-0.3, -0.25) is 4.79 Å². The second-order valence-electron chi connectivity index (χ2n) is 5.30. The summed E-state index contributed by atoms with van der Waals surface area (Å²) in [5, 5.41) is 0. The number of benzene rings is 1. The van der Waals surface area contributed by atoms with Gasteiger partial charge >= 0.3 is 12.1 Å². The summed E-state index contributed by atoms with van der Waals surface area (Å²) in [6.07, 6.45) is -3.72. The van der Waals surface area contributed by atoms with Crippen LogP contribution in [0.25, 0.3) is 0 Å². The highest BCUT2D eigenvalue weighted by molar-refractivity contribution is 6.00. The number of H-pyrrole nitrogens is 1. The quantitative estimate of drug-likeness (QED) is 0.875. The second-order valence-corrected chi connectivity index (χ2v) is 5.30. The van der Waals surface area contributed by atoms with Gasteiger partial charge in [-0.2, -0.15) is 13.2 Å². The van der Waals surface area contributed by atoms with Gasteiger partial charge in [-0.1, -0.05) is 6.07 Å². The highest BCUT2D eigenvalue weighted by Crippen LogP contribution is 2.33. The molecule has 1 unspecified atom stereocenters. The number of aromatic amines is 1. The summed E-state index contributed by atoms with van der Waals surface area (Å²) in [4.78, 5) is 28.1. The van der Waals surface area contributed by atoms with E-state index in [4.69, 9.17) is 4.74 Å². The number of nitrogens with zero attached hydrogens (tertiary/aromatic N) is 1. The maximum Gasteiger partial charge on any atom is 0.416 e. The molecule has 1 atom stereocenters. The highest BCUT2D eigenvalue weighted by atomic mass is 19.4. The van der Waals surface area contributed by atoms with Crippen molar-refractivity contribution in [1.29, 1.82) is 0 Å². The fourth-order valence-electron chi connectivity index (χ4n) is 2.52. The van der Waals surface area contributed by atoms with E-state index >= 15 is 0 Å². The summed E-state index contributed by atoms with van der Waals surface area (Å²) in [6, 6.07) is 7.63. The molecule has 0 aliphatic carbocycles. The zero-order valence-corrected chi connectivity index (χ0v) is 12.3. The lowest BCUT2D eigenvalue weighted by atomic mass is 10.2. The van der Waals surface area contributed by atoms with E-state index in [-0.39, 0.29) is 24.3 Å². The van der Waals surface area contributed by atoms with Crippen molar-refractivity contribution in [2.75, 3.05) is 11.4 Å². The average Bonchev–Trinajstić information content (AvgIpc) is 3.18. The van der Waals surface area contributed by atoms with Gasteiger partial charge in [0.15, 0.2) is 6.10 Å². The first kappa shape index (κ1) is 16.1. The first-order valence-corrected chi connectivity index (χ1v) is 7.19. The Morgan fingerprint density at radius 3 is 2.71 bits per heavy atom. The molecule has 0 spiro atoms. The van der Waals surface area contributed by atoms with Crippen LogP contribution in [-0.2, 0) is 15.7 Å². The Labute approximate surface area is 135 Å². The number of alkyl halides is 3. The standard InChI is InChI=1S/C16H13F3N2O3/c17-16(18,19)10-3-1-4-11(9-10)21-8-6-13(14(21)22)24-15(23)12-5-2-7-20-12/h1-5,7,9,13,20H,6,8H2. The highest BCUT2D eigenvalue weighted by Gasteiger charge is 2.37. The van der Waals surface area contributed by atoms with Crippen LogP contribution in [0.1, 0.15) is 22.5 Å². The molecule has 3 rings (SSSR count). The van der Waals surface area contributed by atoms with E-state index in [1.54, 1.807) is 12.3 Å². The van der Waals surface area contributed by atoms with Crippen LogP contribution in [-0.4, -0.2) is 29.5 Å². The molecule has 126 valence electrons. The molecule has 1 fully saturated rings. The number of halogens is 3. The number of esters is 1. The smallest absolute Gasteiger partial charge is 0.416 e. The first-order valence-electron chi connectivity index (χ1n) is 7.19. The number of carbonyl (C=O) groups excluding carboxylic acids is 2. The molecule has 1 aliphatic heterocycles. The van der Waals surface area contributed by atoms with Crippen LogP contribution in [0.2, 0.25) is 0 Å². The molecule has 8 heteroatoms. The Kier molecular flexibility index (Phi) is 4.04. The van der Waals surface area contributed by atoms with Crippen LogP contribution >= 0.6 is 0 Å². The lowest BCUT2D eigenvalue weighted by molar-refractivity contribution is -0.137. The van der Waals surface area contributed by atoms with Crippen molar-refractivity contribution in [2.24, 2.45) is 0 Å². The van der Waals surface area contributed by atoms with Crippen LogP contribution in [0.3, 0.4) is 0 Å². The molecule has 5 nitrogen and oxygen atoms in total. The van der Waals surface area contributed by atoms with Crippen LogP contribution in [0, 0.1) is 0 Å². The third kappa shape index (κ3) is 3.12. The number of hydrogen-bond acceptors (Lipinski definition) is 3.